The topological polar surface area (TPSA) is 154 Å². The highest BCUT2D eigenvalue weighted by Crippen LogP contribution is 2.43. The van der Waals surface area contributed by atoms with Gasteiger partial charge >= 0.3 is 5.88 Å². The zero-order valence-corrected chi connectivity index (χ0v) is 15.5. The lowest BCUT2D eigenvalue weighted by Gasteiger charge is -2.09. The van der Waals surface area contributed by atoms with E-state index in [1.54, 1.807) is 7.05 Å². The maximum absolute atomic E-state index is 12.6. The fraction of sp³-hybridized carbons (Fsp3) is 0.0625. The van der Waals surface area contributed by atoms with Crippen molar-refractivity contribution in [2.75, 3.05) is 11.5 Å². The first-order chi connectivity index (χ1) is 13.0. The minimum atomic E-state index is -0.582. The maximum Gasteiger partial charge on any atom is 0.320 e. The van der Waals surface area contributed by atoms with E-state index in [2.05, 4.69) is 21.3 Å². The highest BCUT2D eigenvalue weighted by Gasteiger charge is 2.22. The van der Waals surface area contributed by atoms with Gasteiger partial charge in [0.15, 0.2) is 12.3 Å². The standard InChI is InChI=1S/C16H11N7O2S2/c1-23-6-9(25-22-23)20-15(24)13-12(18)11-10(8-3-2-4-26-8)7(5-17)14(19)21-16(11)27-13/h2-4,6H,1H3,(H4-,18,19,20,21,22,24). The van der Waals surface area contributed by atoms with Crippen molar-refractivity contribution in [1.82, 2.24) is 10.3 Å². The van der Waals surface area contributed by atoms with Gasteiger partial charge in [0, 0.05) is 21.7 Å². The highest BCUT2D eigenvalue weighted by molar-refractivity contribution is 7.21. The minimum Gasteiger partial charge on any atom is -0.857 e. The lowest BCUT2D eigenvalue weighted by atomic mass is 10.0. The molecular formula is C16H11N7O2S2. The van der Waals surface area contributed by atoms with Gasteiger partial charge in [-0.2, -0.15) is 5.26 Å². The molecule has 4 aromatic rings. The Morgan fingerprint density at radius 2 is 2.26 bits per heavy atom. The van der Waals surface area contributed by atoms with E-state index in [9.17, 15) is 10.4 Å². The van der Waals surface area contributed by atoms with Crippen LogP contribution in [-0.4, -0.2) is 16.2 Å². The SMILES string of the molecule is C[n+]1cc(/N=C(\[O-])c2sc3nc(N)c(C#N)c(-c4cccs4)c3c2N)on1. The predicted octanol–water partition coefficient (Wildman–Crippen LogP) is 1.31. The van der Waals surface area contributed by atoms with Crippen LogP contribution in [0.25, 0.3) is 20.7 Å². The summed E-state index contributed by atoms with van der Waals surface area (Å²) in [6, 6.07) is 5.80. The zero-order valence-electron chi connectivity index (χ0n) is 13.8. The average molecular weight is 397 g/mol. The monoisotopic (exact) mass is 397 g/mol. The molecule has 0 saturated carbocycles. The van der Waals surface area contributed by atoms with Crippen LogP contribution in [0, 0.1) is 11.3 Å². The number of aryl methyl sites for hydroxylation is 1. The second-order valence-corrected chi connectivity index (χ2v) is 7.44. The number of aliphatic imine (C=N–C) groups is 1. The van der Waals surface area contributed by atoms with E-state index in [0.29, 0.717) is 15.8 Å². The quantitative estimate of drug-likeness (QED) is 0.300. The van der Waals surface area contributed by atoms with E-state index in [1.807, 2.05) is 17.5 Å². The Morgan fingerprint density at radius 3 is 2.89 bits per heavy atom. The Balaban J connectivity index is 1.99. The van der Waals surface area contributed by atoms with Crippen LogP contribution >= 0.6 is 22.7 Å². The van der Waals surface area contributed by atoms with E-state index >= 15 is 0 Å². The van der Waals surface area contributed by atoms with E-state index in [0.717, 1.165) is 16.2 Å². The van der Waals surface area contributed by atoms with Crippen molar-refractivity contribution in [1.29, 1.82) is 5.26 Å². The molecular weight excluding hydrogens is 386 g/mol. The van der Waals surface area contributed by atoms with Gasteiger partial charge in [0.1, 0.15) is 22.3 Å². The normalized spacial score (nSPS) is 11.8. The molecule has 9 nitrogen and oxygen atoms in total. The molecule has 0 spiro atoms. The van der Waals surface area contributed by atoms with Crippen LogP contribution in [0.2, 0.25) is 0 Å². The molecule has 0 saturated heterocycles. The fourth-order valence-electron chi connectivity index (χ4n) is 2.62. The number of nitrogens with two attached hydrogens (primary N) is 2. The number of nitriles is 1. The van der Waals surface area contributed by atoms with Crippen LogP contribution in [-0.2, 0) is 7.05 Å². The number of fused-ring (bicyclic) bond motifs is 1. The summed E-state index contributed by atoms with van der Waals surface area (Å²) in [6.45, 7) is 0. The summed E-state index contributed by atoms with van der Waals surface area (Å²) >= 11 is 2.51. The molecule has 0 amide bonds. The number of pyridine rings is 1. The third-order valence-corrected chi connectivity index (χ3v) is 5.73. The largest absolute Gasteiger partial charge is 0.857 e. The minimum absolute atomic E-state index is 0.0584. The van der Waals surface area contributed by atoms with Crippen LogP contribution in [0.5, 0.6) is 0 Å². The third kappa shape index (κ3) is 2.77. The van der Waals surface area contributed by atoms with Gasteiger partial charge in [0.25, 0.3) is 6.20 Å². The molecule has 4 rings (SSSR count). The van der Waals surface area contributed by atoms with Gasteiger partial charge in [-0.25, -0.2) is 9.98 Å². The molecule has 0 aliphatic heterocycles. The Labute approximate surface area is 160 Å². The van der Waals surface area contributed by atoms with E-state index in [4.69, 9.17) is 16.0 Å². The third-order valence-electron chi connectivity index (χ3n) is 3.75. The summed E-state index contributed by atoms with van der Waals surface area (Å²) in [5, 5.41) is 28.2. The van der Waals surface area contributed by atoms with Gasteiger partial charge in [-0.15, -0.1) is 22.7 Å². The summed E-state index contributed by atoms with van der Waals surface area (Å²) in [7, 11) is 1.64. The number of rotatable bonds is 3. The number of hydrogen-bond acceptors (Lipinski definition) is 10. The molecule has 0 aliphatic carbocycles. The number of aromatic nitrogens is 3. The van der Waals surface area contributed by atoms with Crippen LogP contribution < -0.4 is 21.3 Å². The van der Waals surface area contributed by atoms with Gasteiger partial charge in [0.05, 0.1) is 10.6 Å². The van der Waals surface area contributed by atoms with Crippen molar-refractivity contribution >= 4 is 56.2 Å². The lowest BCUT2D eigenvalue weighted by Crippen LogP contribution is -2.27. The molecule has 0 radical (unpaired) electrons. The molecule has 134 valence electrons. The average Bonchev–Trinajstić information content (AvgIpc) is 3.35. The molecule has 4 heterocycles. The molecule has 0 aromatic carbocycles. The fourth-order valence-corrected chi connectivity index (χ4v) is 4.40. The molecule has 0 fully saturated rings. The summed E-state index contributed by atoms with van der Waals surface area (Å²) in [5.74, 6) is -0.433. The lowest BCUT2D eigenvalue weighted by molar-refractivity contribution is -0.739. The molecule has 4 N–H and O–H groups in total. The van der Waals surface area contributed by atoms with Crippen LogP contribution in [0.3, 0.4) is 0 Å². The molecule has 4 aromatic heterocycles. The summed E-state index contributed by atoms with van der Waals surface area (Å²) in [4.78, 5) is 9.62. The maximum atomic E-state index is 12.6. The zero-order chi connectivity index (χ0) is 19.1. The molecule has 0 atom stereocenters. The van der Waals surface area contributed by atoms with Crippen LogP contribution in [0.15, 0.2) is 33.2 Å². The van der Waals surface area contributed by atoms with Crippen LogP contribution in [0.4, 0.5) is 17.4 Å². The van der Waals surface area contributed by atoms with Crippen molar-refractivity contribution in [3.8, 4) is 16.5 Å². The van der Waals surface area contributed by atoms with E-state index in [1.165, 1.54) is 22.2 Å². The Hall–Kier alpha value is -3.49. The van der Waals surface area contributed by atoms with Gasteiger partial charge in [-0.1, -0.05) is 10.7 Å². The van der Waals surface area contributed by atoms with Gasteiger partial charge < -0.3 is 16.6 Å². The Bertz CT molecular complexity index is 1230. The summed E-state index contributed by atoms with van der Waals surface area (Å²) in [5.41, 5.74) is 13.3. The summed E-state index contributed by atoms with van der Waals surface area (Å²) < 4.78 is 6.31. The number of nitrogen functional groups attached to an aromatic ring is 2. The second kappa shape index (κ2) is 6.35. The highest BCUT2D eigenvalue weighted by atomic mass is 32.1. The summed E-state index contributed by atoms with van der Waals surface area (Å²) in [6.07, 6.45) is 1.46. The van der Waals surface area contributed by atoms with Crippen molar-refractivity contribution < 1.29 is 14.3 Å². The predicted molar refractivity (Wildman–Crippen MR) is 100 cm³/mol. The smallest absolute Gasteiger partial charge is 0.320 e. The number of thiophene rings is 2. The molecule has 27 heavy (non-hydrogen) atoms. The first kappa shape index (κ1) is 17.0. The Morgan fingerprint density at radius 1 is 1.44 bits per heavy atom. The van der Waals surface area contributed by atoms with Crippen molar-refractivity contribution in [3.63, 3.8) is 0 Å². The van der Waals surface area contributed by atoms with Crippen LogP contribution in [0.1, 0.15) is 10.4 Å². The Kier molecular flexibility index (Phi) is 3.98. The molecule has 0 bridgehead atoms. The first-order valence-corrected chi connectivity index (χ1v) is 9.23. The molecule has 11 heteroatoms. The number of nitrogens with zero attached hydrogens (tertiary/aromatic N) is 5. The van der Waals surface area contributed by atoms with Gasteiger partial charge in [-0.05, 0) is 11.4 Å². The van der Waals surface area contributed by atoms with E-state index < -0.39 is 5.90 Å². The molecule has 0 unspecified atom stereocenters. The molecule has 0 aliphatic rings. The second-order valence-electron chi connectivity index (χ2n) is 5.49. The van der Waals surface area contributed by atoms with Gasteiger partial charge in [0.2, 0.25) is 0 Å². The van der Waals surface area contributed by atoms with Crippen molar-refractivity contribution in [2.24, 2.45) is 12.0 Å². The van der Waals surface area contributed by atoms with Crippen molar-refractivity contribution in [2.45, 2.75) is 0 Å². The number of anilines is 2. The van der Waals surface area contributed by atoms with Crippen molar-refractivity contribution in [3.05, 3.63) is 34.2 Å². The van der Waals surface area contributed by atoms with Gasteiger partial charge in [-0.3, -0.25) is 4.52 Å². The first-order valence-electron chi connectivity index (χ1n) is 7.53. The van der Waals surface area contributed by atoms with E-state index in [-0.39, 0.29) is 27.8 Å². The number of hydrogen-bond donors (Lipinski definition) is 2.